The first-order valence-corrected chi connectivity index (χ1v) is 8.63. The SMILES string of the molecule is O=C(NCCOc1ccc(-c2cccs2)nn1)c1c(F)cccc1Cl. The number of amides is 1. The number of rotatable bonds is 6. The van der Waals surface area contributed by atoms with Crippen molar-refractivity contribution in [3.8, 4) is 16.5 Å². The summed E-state index contributed by atoms with van der Waals surface area (Å²) in [4.78, 5) is 13.0. The van der Waals surface area contributed by atoms with E-state index in [1.807, 2.05) is 23.6 Å². The molecule has 25 heavy (non-hydrogen) atoms. The second kappa shape index (κ2) is 8.04. The molecule has 0 radical (unpaired) electrons. The van der Waals surface area contributed by atoms with Gasteiger partial charge >= 0.3 is 0 Å². The lowest BCUT2D eigenvalue weighted by Crippen LogP contribution is -2.29. The molecule has 0 aliphatic carbocycles. The van der Waals surface area contributed by atoms with Crippen LogP contribution < -0.4 is 10.1 Å². The molecule has 0 bridgehead atoms. The molecular weight excluding hydrogens is 365 g/mol. The molecule has 128 valence electrons. The monoisotopic (exact) mass is 377 g/mol. The summed E-state index contributed by atoms with van der Waals surface area (Å²) in [6, 6.07) is 11.5. The number of carbonyl (C=O) groups is 1. The van der Waals surface area contributed by atoms with Crippen LogP contribution in [0.2, 0.25) is 5.02 Å². The first kappa shape index (κ1) is 17.3. The Kier molecular flexibility index (Phi) is 5.57. The number of nitrogens with zero attached hydrogens (tertiary/aromatic N) is 2. The van der Waals surface area contributed by atoms with E-state index in [1.54, 1.807) is 17.4 Å². The maximum atomic E-state index is 13.6. The van der Waals surface area contributed by atoms with Gasteiger partial charge in [0, 0.05) is 6.07 Å². The Morgan fingerprint density at radius 3 is 2.76 bits per heavy atom. The number of ether oxygens (including phenoxy) is 1. The summed E-state index contributed by atoms with van der Waals surface area (Å²) < 4.78 is 19.0. The molecule has 1 N–H and O–H groups in total. The standard InChI is InChI=1S/C17H13ClFN3O2S/c18-11-3-1-4-12(19)16(11)17(23)20-8-9-24-15-7-6-13(21-22-15)14-5-2-10-25-14/h1-7,10H,8-9H2,(H,20,23). The predicted molar refractivity (Wildman–Crippen MR) is 94.6 cm³/mol. The molecular formula is C17H13ClFN3O2S. The number of hydrogen-bond donors (Lipinski definition) is 1. The van der Waals surface area contributed by atoms with Crippen LogP contribution in [0.25, 0.3) is 10.6 Å². The molecule has 8 heteroatoms. The second-order valence-electron chi connectivity index (χ2n) is 4.94. The van der Waals surface area contributed by atoms with Crippen molar-refractivity contribution in [2.75, 3.05) is 13.2 Å². The highest BCUT2D eigenvalue weighted by Crippen LogP contribution is 2.22. The summed E-state index contributed by atoms with van der Waals surface area (Å²) in [5.74, 6) is -0.912. The second-order valence-corrected chi connectivity index (χ2v) is 6.29. The van der Waals surface area contributed by atoms with Crippen molar-refractivity contribution >= 4 is 28.8 Å². The van der Waals surface area contributed by atoms with Gasteiger partial charge in [-0.15, -0.1) is 21.5 Å². The number of carbonyl (C=O) groups excluding carboxylic acids is 1. The van der Waals surface area contributed by atoms with E-state index >= 15 is 0 Å². The molecule has 0 saturated heterocycles. The van der Waals surface area contributed by atoms with Crippen molar-refractivity contribution in [1.82, 2.24) is 15.5 Å². The molecule has 3 rings (SSSR count). The minimum absolute atomic E-state index is 0.0634. The fourth-order valence-electron chi connectivity index (χ4n) is 2.08. The Hall–Kier alpha value is -2.51. The molecule has 0 aliphatic heterocycles. The highest BCUT2D eigenvalue weighted by Gasteiger charge is 2.15. The molecule has 2 aromatic heterocycles. The van der Waals surface area contributed by atoms with Gasteiger partial charge in [0.1, 0.15) is 18.1 Å². The van der Waals surface area contributed by atoms with Crippen molar-refractivity contribution in [1.29, 1.82) is 0 Å². The maximum Gasteiger partial charge on any atom is 0.255 e. The number of nitrogens with one attached hydrogen (secondary N) is 1. The summed E-state index contributed by atoms with van der Waals surface area (Å²) >= 11 is 7.42. The molecule has 2 heterocycles. The largest absolute Gasteiger partial charge is 0.475 e. The Bertz CT molecular complexity index is 837. The van der Waals surface area contributed by atoms with E-state index in [4.69, 9.17) is 16.3 Å². The summed E-state index contributed by atoms with van der Waals surface area (Å²) in [5.41, 5.74) is 0.592. The van der Waals surface area contributed by atoms with Crippen molar-refractivity contribution in [2.24, 2.45) is 0 Å². The smallest absolute Gasteiger partial charge is 0.255 e. The van der Waals surface area contributed by atoms with Crippen LogP contribution in [-0.2, 0) is 0 Å². The zero-order valence-corrected chi connectivity index (χ0v) is 14.5. The maximum absolute atomic E-state index is 13.6. The van der Waals surface area contributed by atoms with Gasteiger partial charge in [0.25, 0.3) is 5.91 Å². The van der Waals surface area contributed by atoms with Gasteiger partial charge in [-0.25, -0.2) is 4.39 Å². The van der Waals surface area contributed by atoms with Gasteiger partial charge in [-0.3, -0.25) is 4.79 Å². The third kappa shape index (κ3) is 4.32. The average molecular weight is 378 g/mol. The van der Waals surface area contributed by atoms with Crippen molar-refractivity contribution < 1.29 is 13.9 Å². The molecule has 0 spiro atoms. The summed E-state index contributed by atoms with van der Waals surface area (Å²) in [5, 5.41) is 12.6. The topological polar surface area (TPSA) is 64.1 Å². The number of thiophene rings is 1. The Morgan fingerprint density at radius 2 is 2.08 bits per heavy atom. The van der Waals surface area contributed by atoms with Gasteiger partial charge in [-0.1, -0.05) is 23.7 Å². The molecule has 1 amide bonds. The van der Waals surface area contributed by atoms with Crippen LogP contribution in [-0.4, -0.2) is 29.3 Å². The Balaban J connectivity index is 1.49. The Labute approximate surface area is 152 Å². The molecule has 0 atom stereocenters. The highest BCUT2D eigenvalue weighted by atomic mass is 35.5. The lowest BCUT2D eigenvalue weighted by molar-refractivity contribution is 0.0942. The van der Waals surface area contributed by atoms with E-state index in [0.717, 1.165) is 10.6 Å². The molecule has 5 nitrogen and oxygen atoms in total. The minimum Gasteiger partial charge on any atom is -0.475 e. The van der Waals surface area contributed by atoms with Crippen LogP contribution in [0.5, 0.6) is 5.88 Å². The lowest BCUT2D eigenvalue weighted by Gasteiger charge is -2.08. The van der Waals surface area contributed by atoms with Crippen molar-refractivity contribution in [2.45, 2.75) is 0 Å². The van der Waals surface area contributed by atoms with E-state index in [2.05, 4.69) is 15.5 Å². The molecule has 3 aromatic rings. The van der Waals surface area contributed by atoms with E-state index in [-0.39, 0.29) is 23.7 Å². The molecule has 0 unspecified atom stereocenters. The van der Waals surface area contributed by atoms with E-state index in [1.165, 1.54) is 18.2 Å². The van der Waals surface area contributed by atoms with Gasteiger partial charge in [0.2, 0.25) is 5.88 Å². The molecule has 0 saturated carbocycles. The summed E-state index contributed by atoms with van der Waals surface area (Å²) in [6.45, 7) is 0.350. The first-order chi connectivity index (χ1) is 12.1. The van der Waals surface area contributed by atoms with Crippen molar-refractivity contribution in [3.63, 3.8) is 0 Å². The van der Waals surface area contributed by atoms with Gasteiger partial charge in [-0.2, -0.15) is 0 Å². The number of benzene rings is 1. The molecule has 0 fully saturated rings. The van der Waals surface area contributed by atoms with Gasteiger partial charge in [0.05, 0.1) is 22.0 Å². The zero-order chi connectivity index (χ0) is 17.6. The third-order valence-electron chi connectivity index (χ3n) is 3.24. The van der Waals surface area contributed by atoms with Gasteiger partial charge in [-0.05, 0) is 29.6 Å². The quantitative estimate of drug-likeness (QED) is 0.663. The molecule has 0 aliphatic rings. The molecule has 1 aromatic carbocycles. The van der Waals surface area contributed by atoms with E-state index in [9.17, 15) is 9.18 Å². The van der Waals surface area contributed by atoms with Crippen LogP contribution in [0.3, 0.4) is 0 Å². The lowest BCUT2D eigenvalue weighted by atomic mass is 10.2. The van der Waals surface area contributed by atoms with Crippen LogP contribution in [0.4, 0.5) is 4.39 Å². The average Bonchev–Trinajstić information content (AvgIpc) is 3.14. The Morgan fingerprint density at radius 1 is 1.20 bits per heavy atom. The first-order valence-electron chi connectivity index (χ1n) is 7.38. The fraction of sp³-hybridized carbons (Fsp3) is 0.118. The number of halogens is 2. The van der Waals surface area contributed by atoms with Crippen LogP contribution in [0.15, 0.2) is 47.8 Å². The summed E-state index contributed by atoms with van der Waals surface area (Å²) in [6.07, 6.45) is 0. The zero-order valence-electron chi connectivity index (χ0n) is 12.9. The van der Waals surface area contributed by atoms with Crippen molar-refractivity contribution in [3.05, 3.63) is 64.2 Å². The summed E-state index contributed by atoms with van der Waals surface area (Å²) in [7, 11) is 0. The van der Waals surface area contributed by atoms with E-state index < -0.39 is 11.7 Å². The fourth-order valence-corrected chi connectivity index (χ4v) is 3.02. The predicted octanol–water partition coefficient (Wildman–Crippen LogP) is 3.81. The number of hydrogen-bond acceptors (Lipinski definition) is 5. The number of aromatic nitrogens is 2. The third-order valence-corrected chi connectivity index (χ3v) is 4.45. The van der Waals surface area contributed by atoms with Crippen LogP contribution >= 0.6 is 22.9 Å². The van der Waals surface area contributed by atoms with Crippen LogP contribution in [0, 0.1) is 5.82 Å². The van der Waals surface area contributed by atoms with Gasteiger partial charge < -0.3 is 10.1 Å². The highest BCUT2D eigenvalue weighted by molar-refractivity contribution is 7.13. The normalized spacial score (nSPS) is 10.5. The minimum atomic E-state index is -0.666. The van der Waals surface area contributed by atoms with E-state index in [0.29, 0.717) is 5.88 Å². The van der Waals surface area contributed by atoms with Gasteiger partial charge in [0.15, 0.2) is 0 Å². The van der Waals surface area contributed by atoms with Crippen LogP contribution in [0.1, 0.15) is 10.4 Å².